The smallest absolute Gasteiger partial charge is 0.243 e. The number of nitrogens with one attached hydrogen (secondary N) is 1. The number of nitrogens with zero attached hydrogens (tertiary/aromatic N) is 2. The highest BCUT2D eigenvalue weighted by atomic mass is 35.5. The van der Waals surface area contributed by atoms with E-state index < -0.39 is 21.6 Å². The Balaban J connectivity index is 1.93. The molecule has 0 unspecified atom stereocenters. The van der Waals surface area contributed by atoms with Gasteiger partial charge in [0.25, 0.3) is 0 Å². The minimum absolute atomic E-state index is 0.0152. The fraction of sp³-hybridized carbons (Fsp3) is 0.394. The molecule has 0 aliphatic rings. The molecular formula is C33H42ClN3O5S. The Bertz CT molecular complexity index is 1480. The van der Waals surface area contributed by atoms with Crippen molar-refractivity contribution in [2.75, 3.05) is 23.7 Å². The standard InChI is InChI=1S/C33H42ClN3O5S/c1-6-42-30-20-13-12-19-28(30)37(43(5,40)41)22-14-21-31(38)36(24-26-17-10-11-18-27(26)34)29(32(39)35-33(2,3)4)23-25-15-8-7-9-16-25/h7-13,15-20,29H,6,14,21-24H2,1-5H3,(H,35,39)/t29-/m1/s1. The lowest BCUT2D eigenvalue weighted by molar-refractivity contribution is -0.142. The van der Waals surface area contributed by atoms with Crippen molar-refractivity contribution in [3.63, 3.8) is 0 Å². The molecule has 3 rings (SSSR count). The molecule has 0 aliphatic heterocycles. The molecule has 0 spiro atoms. The van der Waals surface area contributed by atoms with Crippen LogP contribution >= 0.6 is 11.6 Å². The molecule has 1 atom stereocenters. The number of anilines is 1. The first kappa shape index (κ1) is 33.9. The number of benzene rings is 3. The van der Waals surface area contributed by atoms with E-state index in [4.69, 9.17) is 16.3 Å². The summed E-state index contributed by atoms with van der Waals surface area (Å²) in [5.41, 5.74) is 1.51. The van der Waals surface area contributed by atoms with E-state index in [1.165, 1.54) is 4.31 Å². The Morgan fingerprint density at radius 1 is 0.953 bits per heavy atom. The van der Waals surface area contributed by atoms with Crippen molar-refractivity contribution >= 4 is 39.1 Å². The third-order valence-corrected chi connectivity index (χ3v) is 8.20. The van der Waals surface area contributed by atoms with Gasteiger partial charge in [0.2, 0.25) is 21.8 Å². The van der Waals surface area contributed by atoms with Crippen LogP contribution in [0.4, 0.5) is 5.69 Å². The number of sulfonamides is 1. The van der Waals surface area contributed by atoms with Crippen LogP contribution in [-0.4, -0.2) is 56.1 Å². The number of hydrogen-bond donors (Lipinski definition) is 1. The van der Waals surface area contributed by atoms with Gasteiger partial charge in [-0.3, -0.25) is 13.9 Å². The van der Waals surface area contributed by atoms with Gasteiger partial charge in [0.1, 0.15) is 11.8 Å². The first-order chi connectivity index (χ1) is 20.3. The lowest BCUT2D eigenvalue weighted by Crippen LogP contribution is -2.54. The number of carbonyl (C=O) groups is 2. The molecule has 3 aromatic rings. The Kier molecular flexibility index (Phi) is 12.0. The molecule has 0 saturated carbocycles. The van der Waals surface area contributed by atoms with Crippen LogP contribution in [0.25, 0.3) is 0 Å². The van der Waals surface area contributed by atoms with Gasteiger partial charge >= 0.3 is 0 Å². The molecule has 0 heterocycles. The molecule has 0 saturated heterocycles. The molecular weight excluding hydrogens is 586 g/mol. The number of para-hydroxylation sites is 2. The summed E-state index contributed by atoms with van der Waals surface area (Å²) in [5, 5.41) is 3.53. The topological polar surface area (TPSA) is 96.0 Å². The summed E-state index contributed by atoms with van der Waals surface area (Å²) in [6, 6.07) is 22.9. The molecule has 10 heteroatoms. The second-order valence-corrected chi connectivity index (χ2v) is 13.7. The van der Waals surface area contributed by atoms with Crippen LogP contribution < -0.4 is 14.4 Å². The average Bonchev–Trinajstić information content (AvgIpc) is 2.93. The van der Waals surface area contributed by atoms with E-state index in [2.05, 4.69) is 5.32 Å². The minimum Gasteiger partial charge on any atom is -0.492 e. The van der Waals surface area contributed by atoms with E-state index in [1.54, 1.807) is 35.2 Å². The fourth-order valence-corrected chi connectivity index (χ4v) is 5.90. The number of carbonyl (C=O) groups excluding carboxylic acids is 2. The third kappa shape index (κ3) is 10.3. The summed E-state index contributed by atoms with van der Waals surface area (Å²) in [5.74, 6) is -0.111. The van der Waals surface area contributed by atoms with Crippen LogP contribution in [0.2, 0.25) is 5.02 Å². The summed E-state index contributed by atoms with van der Waals surface area (Å²) in [4.78, 5) is 29.3. The number of hydrogen-bond acceptors (Lipinski definition) is 5. The van der Waals surface area contributed by atoms with Crippen LogP contribution in [0.3, 0.4) is 0 Å². The fourth-order valence-electron chi connectivity index (χ4n) is 4.74. The molecule has 0 bridgehead atoms. The van der Waals surface area contributed by atoms with Crippen molar-refractivity contribution in [1.29, 1.82) is 0 Å². The highest BCUT2D eigenvalue weighted by Crippen LogP contribution is 2.30. The molecule has 43 heavy (non-hydrogen) atoms. The highest BCUT2D eigenvalue weighted by molar-refractivity contribution is 7.92. The van der Waals surface area contributed by atoms with E-state index in [1.807, 2.05) is 76.2 Å². The number of halogens is 1. The number of amides is 2. The maximum Gasteiger partial charge on any atom is 0.243 e. The molecule has 232 valence electrons. The largest absolute Gasteiger partial charge is 0.492 e. The normalized spacial score (nSPS) is 12.3. The zero-order valence-electron chi connectivity index (χ0n) is 25.5. The monoisotopic (exact) mass is 627 g/mol. The van der Waals surface area contributed by atoms with Gasteiger partial charge in [-0.15, -0.1) is 0 Å². The van der Waals surface area contributed by atoms with Gasteiger partial charge in [0.05, 0.1) is 18.6 Å². The van der Waals surface area contributed by atoms with Crippen molar-refractivity contribution < 1.29 is 22.7 Å². The van der Waals surface area contributed by atoms with Crippen molar-refractivity contribution in [2.24, 2.45) is 0 Å². The van der Waals surface area contributed by atoms with E-state index >= 15 is 0 Å². The Labute approximate surface area is 261 Å². The summed E-state index contributed by atoms with van der Waals surface area (Å²) >= 11 is 6.50. The predicted octanol–water partition coefficient (Wildman–Crippen LogP) is 5.84. The molecule has 8 nitrogen and oxygen atoms in total. The van der Waals surface area contributed by atoms with Crippen LogP contribution in [0.1, 0.15) is 51.7 Å². The summed E-state index contributed by atoms with van der Waals surface area (Å²) in [6.07, 6.45) is 1.68. The van der Waals surface area contributed by atoms with E-state index in [9.17, 15) is 18.0 Å². The van der Waals surface area contributed by atoms with Crippen LogP contribution in [0.5, 0.6) is 5.75 Å². The van der Waals surface area contributed by atoms with Gasteiger partial charge in [-0.1, -0.05) is 72.3 Å². The van der Waals surface area contributed by atoms with Gasteiger partial charge in [0, 0.05) is 36.5 Å². The van der Waals surface area contributed by atoms with Gasteiger partial charge in [-0.05, 0) is 63.4 Å². The maximum absolute atomic E-state index is 14.0. The van der Waals surface area contributed by atoms with Gasteiger partial charge in [-0.2, -0.15) is 0 Å². The molecule has 0 aromatic heterocycles. The van der Waals surface area contributed by atoms with Gasteiger partial charge in [0.15, 0.2) is 0 Å². The summed E-state index contributed by atoms with van der Waals surface area (Å²) < 4.78 is 32.6. The van der Waals surface area contributed by atoms with Crippen LogP contribution in [0.15, 0.2) is 78.9 Å². The number of ether oxygens (including phenoxy) is 1. The van der Waals surface area contributed by atoms with Gasteiger partial charge in [-0.25, -0.2) is 8.42 Å². The SMILES string of the molecule is CCOc1ccccc1N(CCCC(=O)N(Cc1ccccc1Cl)[C@H](Cc1ccccc1)C(=O)NC(C)(C)C)S(C)(=O)=O. The molecule has 0 fully saturated rings. The minimum atomic E-state index is -3.68. The second-order valence-electron chi connectivity index (χ2n) is 11.4. The van der Waals surface area contributed by atoms with E-state index in [0.29, 0.717) is 35.1 Å². The van der Waals surface area contributed by atoms with Crippen molar-refractivity contribution in [3.05, 3.63) is 95.0 Å². The highest BCUT2D eigenvalue weighted by Gasteiger charge is 2.32. The van der Waals surface area contributed by atoms with Crippen molar-refractivity contribution in [3.8, 4) is 5.75 Å². The first-order valence-electron chi connectivity index (χ1n) is 14.4. The lowest BCUT2D eigenvalue weighted by Gasteiger charge is -2.34. The molecule has 2 amide bonds. The predicted molar refractivity (Wildman–Crippen MR) is 173 cm³/mol. The van der Waals surface area contributed by atoms with Crippen LogP contribution in [-0.2, 0) is 32.6 Å². The summed E-state index contributed by atoms with van der Waals surface area (Å²) in [6.45, 7) is 8.07. The molecule has 0 radical (unpaired) electrons. The van der Waals surface area contributed by atoms with Crippen molar-refractivity contribution in [2.45, 2.75) is 65.1 Å². The first-order valence-corrected chi connectivity index (χ1v) is 16.6. The van der Waals surface area contributed by atoms with Crippen LogP contribution in [0, 0.1) is 0 Å². The van der Waals surface area contributed by atoms with Crippen molar-refractivity contribution in [1.82, 2.24) is 10.2 Å². The molecule has 0 aliphatic carbocycles. The quantitative estimate of drug-likeness (QED) is 0.242. The van der Waals surface area contributed by atoms with E-state index in [0.717, 1.165) is 11.8 Å². The lowest BCUT2D eigenvalue weighted by atomic mass is 10.00. The zero-order chi connectivity index (χ0) is 31.6. The molecule has 3 aromatic carbocycles. The Hall–Kier alpha value is -3.56. The Morgan fingerprint density at radius 2 is 1.58 bits per heavy atom. The van der Waals surface area contributed by atoms with Gasteiger partial charge < -0.3 is 15.0 Å². The average molecular weight is 628 g/mol. The number of rotatable bonds is 14. The maximum atomic E-state index is 14.0. The zero-order valence-corrected chi connectivity index (χ0v) is 27.1. The summed E-state index contributed by atoms with van der Waals surface area (Å²) in [7, 11) is -3.68. The third-order valence-electron chi connectivity index (χ3n) is 6.65. The van der Waals surface area contributed by atoms with E-state index in [-0.39, 0.29) is 37.7 Å². The second kappa shape index (κ2) is 15.3. The molecule has 1 N–H and O–H groups in total. The Morgan fingerprint density at radius 3 is 2.21 bits per heavy atom.